The van der Waals surface area contributed by atoms with Gasteiger partial charge >= 0.3 is 0 Å². The molecule has 4 rings (SSSR count). The minimum Gasteiger partial charge on any atom is -0.365 e. The van der Waals surface area contributed by atoms with Gasteiger partial charge in [0.05, 0.1) is 11.4 Å². The monoisotopic (exact) mass is 306 g/mol. The fourth-order valence-corrected chi connectivity index (χ4v) is 3.47. The molecule has 23 heavy (non-hydrogen) atoms. The molecule has 0 saturated heterocycles. The predicted molar refractivity (Wildman–Crippen MR) is 93.5 cm³/mol. The zero-order valence-corrected chi connectivity index (χ0v) is 13.5. The number of carbonyl (C=O) groups is 1. The normalized spacial score (nSPS) is 22.4. The molecule has 2 aromatic rings. The quantitative estimate of drug-likeness (QED) is 0.934. The zero-order valence-electron chi connectivity index (χ0n) is 13.5. The number of nitrogens with zero attached hydrogens (tertiary/aromatic N) is 1. The summed E-state index contributed by atoms with van der Waals surface area (Å²) in [6, 6.07) is 16.8. The molecule has 1 aliphatic carbocycles. The maximum absolute atomic E-state index is 12.3. The number of benzene rings is 2. The molecule has 2 aromatic carbocycles. The van der Waals surface area contributed by atoms with Crippen LogP contribution in [-0.2, 0) is 17.8 Å². The Morgan fingerprint density at radius 3 is 2.57 bits per heavy atom. The number of hydrogen-bond acceptors (Lipinski definition) is 2. The van der Waals surface area contributed by atoms with E-state index in [-0.39, 0.29) is 11.8 Å². The maximum atomic E-state index is 12.3. The highest BCUT2D eigenvalue weighted by Gasteiger charge is 2.39. The molecule has 2 aliphatic rings. The van der Waals surface area contributed by atoms with Crippen molar-refractivity contribution in [1.82, 2.24) is 0 Å². The van der Waals surface area contributed by atoms with E-state index in [4.69, 9.17) is 0 Å². The summed E-state index contributed by atoms with van der Waals surface area (Å²) in [7, 11) is 0. The van der Waals surface area contributed by atoms with Crippen LogP contribution in [0.25, 0.3) is 0 Å². The molecule has 118 valence electrons. The summed E-state index contributed by atoms with van der Waals surface area (Å²) in [5.41, 5.74) is 4.90. The van der Waals surface area contributed by atoms with Crippen LogP contribution in [0.1, 0.15) is 24.5 Å². The molecule has 1 heterocycles. The molecule has 0 spiro atoms. The molecule has 0 radical (unpaired) electrons. The summed E-state index contributed by atoms with van der Waals surface area (Å²) in [5.74, 6) is 0.900. The smallest absolute Gasteiger partial charge is 0.227 e. The van der Waals surface area contributed by atoms with E-state index < -0.39 is 0 Å². The minimum atomic E-state index is 0.169. The molecule has 1 fully saturated rings. The molecule has 2 unspecified atom stereocenters. The lowest BCUT2D eigenvalue weighted by Gasteiger charge is -2.32. The van der Waals surface area contributed by atoms with Gasteiger partial charge in [-0.2, -0.15) is 0 Å². The largest absolute Gasteiger partial charge is 0.365 e. The summed E-state index contributed by atoms with van der Waals surface area (Å²) in [6.45, 7) is 4.03. The summed E-state index contributed by atoms with van der Waals surface area (Å²) < 4.78 is 0. The van der Waals surface area contributed by atoms with Crippen LogP contribution in [0.5, 0.6) is 0 Å². The molecule has 1 saturated carbocycles. The third-order valence-corrected chi connectivity index (χ3v) is 5.08. The molecule has 2 atom stereocenters. The van der Waals surface area contributed by atoms with Gasteiger partial charge < -0.3 is 10.2 Å². The lowest BCUT2D eigenvalue weighted by molar-refractivity contribution is -0.117. The van der Waals surface area contributed by atoms with E-state index in [0.717, 1.165) is 37.3 Å². The lowest BCUT2D eigenvalue weighted by atomic mass is 9.99. The second kappa shape index (κ2) is 5.73. The zero-order chi connectivity index (χ0) is 15.8. The second-order valence-electron chi connectivity index (χ2n) is 6.77. The minimum absolute atomic E-state index is 0.169. The van der Waals surface area contributed by atoms with Crippen LogP contribution in [0.2, 0.25) is 0 Å². The van der Waals surface area contributed by atoms with Crippen molar-refractivity contribution in [2.24, 2.45) is 11.8 Å². The maximum Gasteiger partial charge on any atom is 0.227 e. The third-order valence-electron chi connectivity index (χ3n) is 5.08. The topological polar surface area (TPSA) is 32.3 Å². The van der Waals surface area contributed by atoms with Crippen LogP contribution in [-0.4, -0.2) is 12.5 Å². The predicted octanol–water partition coefficient (Wildman–Crippen LogP) is 3.84. The first kappa shape index (κ1) is 14.3. The Morgan fingerprint density at radius 2 is 1.78 bits per heavy atom. The van der Waals surface area contributed by atoms with E-state index in [1.165, 1.54) is 11.1 Å². The number of rotatable bonds is 3. The van der Waals surface area contributed by atoms with E-state index >= 15 is 0 Å². The van der Waals surface area contributed by atoms with E-state index in [1.807, 2.05) is 18.2 Å². The van der Waals surface area contributed by atoms with Crippen LogP contribution in [0.15, 0.2) is 48.5 Å². The Bertz CT molecular complexity index is 740. The number of amides is 1. The van der Waals surface area contributed by atoms with Gasteiger partial charge in [-0.05, 0) is 42.0 Å². The molecule has 0 aromatic heterocycles. The highest BCUT2D eigenvalue weighted by molar-refractivity contribution is 5.97. The standard InChI is InChI=1S/C20H22N2O/c1-14-12-17(14)20(23)21-18-8-4-5-9-19(18)22-11-10-15-6-2-3-7-16(15)13-22/h2-9,14,17H,10-13H2,1H3,(H,21,23). The van der Waals surface area contributed by atoms with Crippen LogP contribution >= 0.6 is 0 Å². The van der Waals surface area contributed by atoms with E-state index in [0.29, 0.717) is 5.92 Å². The number of hydrogen-bond donors (Lipinski definition) is 1. The number of fused-ring (bicyclic) bond motifs is 1. The molecule has 3 nitrogen and oxygen atoms in total. The second-order valence-corrected chi connectivity index (χ2v) is 6.77. The van der Waals surface area contributed by atoms with Crippen molar-refractivity contribution in [2.75, 3.05) is 16.8 Å². The molecule has 1 N–H and O–H groups in total. The summed E-state index contributed by atoms with van der Waals surface area (Å²) >= 11 is 0. The summed E-state index contributed by atoms with van der Waals surface area (Å²) in [6.07, 6.45) is 2.07. The highest BCUT2D eigenvalue weighted by Crippen LogP contribution is 2.39. The number of anilines is 2. The van der Waals surface area contributed by atoms with Crippen molar-refractivity contribution in [3.8, 4) is 0 Å². The molecular formula is C20H22N2O. The third kappa shape index (κ3) is 2.83. The fourth-order valence-electron chi connectivity index (χ4n) is 3.47. The van der Waals surface area contributed by atoms with Gasteiger partial charge in [0.2, 0.25) is 5.91 Å². The van der Waals surface area contributed by atoms with Gasteiger partial charge in [-0.25, -0.2) is 0 Å². The summed E-state index contributed by atoms with van der Waals surface area (Å²) in [4.78, 5) is 14.7. The van der Waals surface area contributed by atoms with Gasteiger partial charge in [0.1, 0.15) is 0 Å². The molecule has 1 aliphatic heterocycles. The van der Waals surface area contributed by atoms with Gasteiger partial charge in [0.25, 0.3) is 0 Å². The lowest BCUT2D eigenvalue weighted by Crippen LogP contribution is -2.31. The van der Waals surface area contributed by atoms with E-state index in [1.54, 1.807) is 0 Å². The van der Waals surface area contributed by atoms with Crippen molar-refractivity contribution in [2.45, 2.75) is 26.3 Å². The van der Waals surface area contributed by atoms with Crippen molar-refractivity contribution < 1.29 is 4.79 Å². The molecule has 1 amide bonds. The number of nitrogens with one attached hydrogen (secondary N) is 1. The van der Waals surface area contributed by atoms with Crippen molar-refractivity contribution >= 4 is 17.3 Å². The Morgan fingerprint density at radius 1 is 1.09 bits per heavy atom. The first-order valence-corrected chi connectivity index (χ1v) is 8.44. The highest BCUT2D eigenvalue weighted by atomic mass is 16.2. The fraction of sp³-hybridized carbons (Fsp3) is 0.350. The SMILES string of the molecule is CC1CC1C(=O)Nc1ccccc1N1CCc2ccccc2C1. The van der Waals surface area contributed by atoms with Crippen molar-refractivity contribution in [3.05, 3.63) is 59.7 Å². The average molecular weight is 306 g/mol. The Balaban J connectivity index is 1.56. The average Bonchev–Trinajstić information content (AvgIpc) is 3.32. The van der Waals surface area contributed by atoms with Gasteiger partial charge in [-0.15, -0.1) is 0 Å². The Labute approximate surface area is 137 Å². The van der Waals surface area contributed by atoms with Crippen LogP contribution in [0, 0.1) is 11.8 Å². The summed E-state index contributed by atoms with van der Waals surface area (Å²) in [5, 5.41) is 3.14. The van der Waals surface area contributed by atoms with Gasteiger partial charge in [-0.3, -0.25) is 4.79 Å². The number of carbonyl (C=O) groups excluding carboxylic acids is 1. The molecule has 3 heteroatoms. The Kier molecular flexibility index (Phi) is 3.56. The van der Waals surface area contributed by atoms with Gasteiger partial charge in [0.15, 0.2) is 0 Å². The van der Waals surface area contributed by atoms with Crippen LogP contribution in [0.4, 0.5) is 11.4 Å². The molecular weight excluding hydrogens is 284 g/mol. The van der Waals surface area contributed by atoms with Crippen LogP contribution in [0.3, 0.4) is 0 Å². The Hall–Kier alpha value is -2.29. The van der Waals surface area contributed by atoms with E-state index in [9.17, 15) is 4.79 Å². The first-order chi connectivity index (χ1) is 11.2. The van der Waals surface area contributed by atoms with E-state index in [2.05, 4.69) is 47.5 Å². The van der Waals surface area contributed by atoms with Crippen LogP contribution < -0.4 is 10.2 Å². The number of para-hydroxylation sites is 2. The molecule has 0 bridgehead atoms. The van der Waals surface area contributed by atoms with Crippen molar-refractivity contribution in [3.63, 3.8) is 0 Å². The van der Waals surface area contributed by atoms with Gasteiger partial charge in [-0.1, -0.05) is 43.3 Å². The van der Waals surface area contributed by atoms with Crippen molar-refractivity contribution in [1.29, 1.82) is 0 Å². The first-order valence-electron chi connectivity index (χ1n) is 8.44. The van der Waals surface area contributed by atoms with Gasteiger partial charge in [0, 0.05) is 19.0 Å².